The van der Waals surface area contributed by atoms with E-state index >= 15 is 0 Å². The molecule has 0 unspecified atom stereocenters. The van der Waals surface area contributed by atoms with E-state index in [2.05, 4.69) is 243 Å². The summed E-state index contributed by atoms with van der Waals surface area (Å²) in [5.41, 5.74) is 9.93. The van der Waals surface area contributed by atoms with Gasteiger partial charge in [0, 0.05) is 0 Å². The molecule has 0 heterocycles. The molecular formula is C56H40Si. The van der Waals surface area contributed by atoms with E-state index in [9.17, 15) is 0 Å². The van der Waals surface area contributed by atoms with Crippen LogP contribution in [0.15, 0.2) is 243 Å². The Labute approximate surface area is 336 Å². The minimum absolute atomic E-state index is 1.22. The van der Waals surface area contributed by atoms with Crippen molar-refractivity contribution in [1.82, 2.24) is 0 Å². The molecule has 57 heavy (non-hydrogen) atoms. The van der Waals surface area contributed by atoms with Gasteiger partial charge in [-0.1, -0.05) is 243 Å². The van der Waals surface area contributed by atoms with Gasteiger partial charge >= 0.3 is 0 Å². The standard InChI is InChI=1S/C56H40Si/c1-5-17-41(18-6-1)49-37-39-51(55-27-15-13-25-53(49)55)43-29-33-47(34-30-43)57(45-21-9-3-10-22-45,46-23-11-4-12-24-46)48-35-31-44(32-36-48)52-40-38-50(42-19-7-2-8-20-42)54-26-14-16-28-56(52)54/h1-40H. The van der Waals surface area contributed by atoms with Crippen LogP contribution >= 0.6 is 0 Å². The van der Waals surface area contributed by atoms with Crippen LogP contribution in [0.2, 0.25) is 0 Å². The van der Waals surface area contributed by atoms with Gasteiger partial charge in [0.25, 0.3) is 0 Å². The van der Waals surface area contributed by atoms with Crippen molar-refractivity contribution in [2.24, 2.45) is 0 Å². The molecule has 0 atom stereocenters. The predicted octanol–water partition coefficient (Wildman–Crippen LogP) is 12.0. The molecule has 10 rings (SSSR count). The first-order valence-electron chi connectivity index (χ1n) is 19.8. The van der Waals surface area contributed by atoms with Gasteiger partial charge in [-0.3, -0.25) is 0 Å². The average Bonchev–Trinajstić information content (AvgIpc) is 3.30. The number of benzene rings is 10. The highest BCUT2D eigenvalue weighted by atomic mass is 28.3. The lowest BCUT2D eigenvalue weighted by Crippen LogP contribution is -2.74. The van der Waals surface area contributed by atoms with Crippen molar-refractivity contribution < 1.29 is 0 Å². The number of fused-ring (bicyclic) bond motifs is 2. The van der Waals surface area contributed by atoms with Gasteiger partial charge in [0.15, 0.2) is 8.07 Å². The molecule has 0 N–H and O–H groups in total. The third-order valence-corrected chi connectivity index (χ3v) is 16.5. The Morgan fingerprint density at radius 1 is 0.175 bits per heavy atom. The van der Waals surface area contributed by atoms with Gasteiger partial charge in [-0.05, 0) is 86.8 Å². The van der Waals surface area contributed by atoms with Gasteiger partial charge in [0.2, 0.25) is 0 Å². The molecule has 10 aromatic rings. The second-order valence-corrected chi connectivity index (χ2v) is 18.6. The normalized spacial score (nSPS) is 11.5. The first-order chi connectivity index (χ1) is 28.3. The van der Waals surface area contributed by atoms with Crippen LogP contribution in [0.5, 0.6) is 0 Å². The lowest BCUT2D eigenvalue weighted by Gasteiger charge is -2.34. The minimum atomic E-state index is -2.76. The Morgan fingerprint density at radius 3 is 0.702 bits per heavy atom. The molecule has 0 aromatic heterocycles. The van der Waals surface area contributed by atoms with Gasteiger partial charge in [-0.25, -0.2) is 0 Å². The summed E-state index contributed by atoms with van der Waals surface area (Å²) in [5.74, 6) is 0. The summed E-state index contributed by atoms with van der Waals surface area (Å²) >= 11 is 0. The van der Waals surface area contributed by atoms with Crippen molar-refractivity contribution in [3.8, 4) is 44.5 Å². The highest BCUT2D eigenvalue weighted by Gasteiger charge is 2.41. The van der Waals surface area contributed by atoms with E-state index in [-0.39, 0.29) is 0 Å². The Balaban J connectivity index is 1.11. The molecule has 0 aliphatic rings. The molecule has 0 saturated carbocycles. The Hall–Kier alpha value is -7.06. The molecule has 0 nitrogen and oxygen atoms in total. The van der Waals surface area contributed by atoms with E-state index in [1.807, 2.05) is 0 Å². The highest BCUT2D eigenvalue weighted by Crippen LogP contribution is 2.37. The molecule has 0 spiro atoms. The van der Waals surface area contributed by atoms with Gasteiger partial charge in [0.05, 0.1) is 0 Å². The maximum Gasteiger partial charge on any atom is 0.179 e. The van der Waals surface area contributed by atoms with E-state index in [0.717, 1.165) is 0 Å². The highest BCUT2D eigenvalue weighted by molar-refractivity contribution is 7.19. The predicted molar refractivity (Wildman–Crippen MR) is 247 cm³/mol. The van der Waals surface area contributed by atoms with Crippen molar-refractivity contribution in [1.29, 1.82) is 0 Å². The van der Waals surface area contributed by atoms with Crippen molar-refractivity contribution in [3.63, 3.8) is 0 Å². The van der Waals surface area contributed by atoms with E-state index in [0.29, 0.717) is 0 Å². The summed E-state index contributed by atoms with van der Waals surface area (Å²) in [4.78, 5) is 0. The molecule has 10 aromatic carbocycles. The summed E-state index contributed by atoms with van der Waals surface area (Å²) in [7, 11) is -2.76. The zero-order valence-corrected chi connectivity index (χ0v) is 32.6. The molecule has 268 valence electrons. The van der Waals surface area contributed by atoms with Crippen LogP contribution < -0.4 is 20.7 Å². The fourth-order valence-electron chi connectivity index (χ4n) is 9.02. The molecule has 0 fully saturated rings. The monoisotopic (exact) mass is 740 g/mol. The molecule has 0 bridgehead atoms. The quantitative estimate of drug-likeness (QED) is 0.107. The number of hydrogen-bond acceptors (Lipinski definition) is 0. The van der Waals surface area contributed by atoms with Crippen molar-refractivity contribution in [2.45, 2.75) is 0 Å². The smallest absolute Gasteiger partial charge is 0.0623 e. The third kappa shape index (κ3) is 6.10. The van der Waals surface area contributed by atoms with Crippen LogP contribution in [-0.4, -0.2) is 8.07 Å². The zero-order chi connectivity index (χ0) is 38.0. The SMILES string of the molecule is c1ccc(-c2ccc(-c3ccc([Si](c4ccccc4)(c4ccccc4)c4ccc(-c5ccc(-c6ccccc6)c6ccccc56)cc4)cc3)c3ccccc23)cc1. The Kier molecular flexibility index (Phi) is 8.99. The Morgan fingerprint density at radius 2 is 0.404 bits per heavy atom. The first kappa shape index (κ1) is 34.4. The summed E-state index contributed by atoms with van der Waals surface area (Å²) in [6.07, 6.45) is 0. The molecule has 0 amide bonds. The largest absolute Gasteiger partial charge is 0.179 e. The van der Waals surface area contributed by atoms with Gasteiger partial charge in [-0.15, -0.1) is 0 Å². The van der Waals surface area contributed by atoms with E-state index < -0.39 is 8.07 Å². The van der Waals surface area contributed by atoms with Crippen LogP contribution in [-0.2, 0) is 0 Å². The van der Waals surface area contributed by atoms with Crippen LogP contribution in [0.3, 0.4) is 0 Å². The van der Waals surface area contributed by atoms with E-state index in [1.165, 1.54) is 86.8 Å². The fourth-order valence-corrected chi connectivity index (χ4v) is 13.7. The summed E-state index contributed by atoms with van der Waals surface area (Å²) in [6, 6.07) is 89.7. The minimum Gasteiger partial charge on any atom is -0.0623 e. The van der Waals surface area contributed by atoms with Crippen LogP contribution in [0.25, 0.3) is 66.1 Å². The van der Waals surface area contributed by atoms with Gasteiger partial charge < -0.3 is 0 Å². The second kappa shape index (κ2) is 14.9. The van der Waals surface area contributed by atoms with E-state index in [4.69, 9.17) is 0 Å². The van der Waals surface area contributed by atoms with Gasteiger partial charge in [0.1, 0.15) is 0 Å². The zero-order valence-electron chi connectivity index (χ0n) is 31.6. The molecular weight excluding hydrogens is 701 g/mol. The van der Waals surface area contributed by atoms with E-state index in [1.54, 1.807) is 0 Å². The Bertz CT molecular complexity index is 2750. The average molecular weight is 741 g/mol. The lowest BCUT2D eigenvalue weighted by molar-refractivity contribution is 1.62. The van der Waals surface area contributed by atoms with Crippen LogP contribution in [0.1, 0.15) is 0 Å². The van der Waals surface area contributed by atoms with Crippen LogP contribution in [0.4, 0.5) is 0 Å². The molecule has 0 radical (unpaired) electrons. The van der Waals surface area contributed by atoms with Crippen molar-refractivity contribution >= 4 is 50.4 Å². The molecule has 1 heteroatoms. The third-order valence-electron chi connectivity index (χ3n) is 11.7. The summed E-state index contributed by atoms with van der Waals surface area (Å²) < 4.78 is 0. The number of rotatable bonds is 8. The van der Waals surface area contributed by atoms with Crippen molar-refractivity contribution in [3.05, 3.63) is 243 Å². The lowest BCUT2D eigenvalue weighted by atomic mass is 9.92. The first-order valence-corrected chi connectivity index (χ1v) is 21.8. The maximum atomic E-state index is 2.41. The second-order valence-electron chi connectivity index (χ2n) is 14.8. The molecule has 0 saturated heterocycles. The maximum absolute atomic E-state index is 2.76. The topological polar surface area (TPSA) is 0 Å². The van der Waals surface area contributed by atoms with Crippen molar-refractivity contribution in [2.75, 3.05) is 0 Å². The van der Waals surface area contributed by atoms with Crippen LogP contribution in [0, 0.1) is 0 Å². The summed E-state index contributed by atoms with van der Waals surface area (Å²) in [5, 5.41) is 10.5. The molecule has 0 aliphatic heterocycles. The van der Waals surface area contributed by atoms with Gasteiger partial charge in [-0.2, -0.15) is 0 Å². The number of hydrogen-bond donors (Lipinski definition) is 0. The fraction of sp³-hybridized carbons (Fsp3) is 0. The molecule has 0 aliphatic carbocycles. The summed E-state index contributed by atoms with van der Waals surface area (Å²) in [6.45, 7) is 0.